The van der Waals surface area contributed by atoms with Gasteiger partial charge in [-0.15, -0.1) is 0 Å². The van der Waals surface area contributed by atoms with E-state index in [0.29, 0.717) is 22.3 Å². The molecule has 0 spiro atoms. The van der Waals surface area contributed by atoms with E-state index in [4.69, 9.17) is 4.42 Å². The first-order valence-electron chi connectivity index (χ1n) is 6.74. The van der Waals surface area contributed by atoms with Crippen LogP contribution >= 0.6 is 11.8 Å². The largest absolute Gasteiger partial charge is 0.463 e. The molecule has 0 aromatic carbocycles. The Kier molecular flexibility index (Phi) is 4.16. The van der Waals surface area contributed by atoms with Crippen LogP contribution in [0.2, 0.25) is 0 Å². The summed E-state index contributed by atoms with van der Waals surface area (Å²) in [5.74, 6) is 0.581. The summed E-state index contributed by atoms with van der Waals surface area (Å²) in [6.07, 6.45) is 1.63. The Morgan fingerprint density at radius 1 is 1.35 bits per heavy atom. The molecule has 0 aliphatic rings. The van der Waals surface area contributed by atoms with E-state index in [2.05, 4.69) is 14.7 Å². The predicted octanol–water partition coefficient (Wildman–Crippen LogP) is 2.07. The van der Waals surface area contributed by atoms with Gasteiger partial charge in [0, 0.05) is 6.20 Å². The highest BCUT2D eigenvalue weighted by Gasteiger charge is 2.12. The van der Waals surface area contributed by atoms with Crippen LogP contribution in [0.4, 0.5) is 0 Å². The number of aryl methyl sites for hydroxylation is 1. The maximum atomic E-state index is 12.0. The van der Waals surface area contributed by atoms with Crippen LogP contribution in [0.15, 0.2) is 44.8 Å². The zero-order valence-corrected chi connectivity index (χ0v) is 13.3. The number of aromatic nitrogens is 3. The third-order valence-corrected chi connectivity index (χ3v) is 4.02. The van der Waals surface area contributed by atoms with Crippen molar-refractivity contribution in [3.05, 3.63) is 58.0 Å². The van der Waals surface area contributed by atoms with Gasteiger partial charge in [-0.05, 0) is 30.7 Å². The Morgan fingerprint density at radius 2 is 2.17 bits per heavy atom. The lowest BCUT2D eigenvalue weighted by atomic mass is 10.3. The monoisotopic (exact) mass is 331 g/mol. The first-order valence-corrected chi connectivity index (χ1v) is 7.73. The summed E-state index contributed by atoms with van der Waals surface area (Å²) in [5.41, 5.74) is 1.08. The van der Waals surface area contributed by atoms with Crippen LogP contribution in [0.5, 0.6) is 0 Å². The van der Waals surface area contributed by atoms with Crippen molar-refractivity contribution in [2.75, 3.05) is 7.11 Å². The van der Waals surface area contributed by atoms with E-state index in [-0.39, 0.29) is 11.4 Å². The second-order valence-electron chi connectivity index (χ2n) is 4.72. The van der Waals surface area contributed by atoms with Gasteiger partial charge in [0.2, 0.25) is 5.76 Å². The number of ether oxygens (including phenoxy) is 1. The zero-order chi connectivity index (χ0) is 16.4. The van der Waals surface area contributed by atoms with Gasteiger partial charge in [-0.25, -0.2) is 14.6 Å². The van der Waals surface area contributed by atoms with Gasteiger partial charge in [0.1, 0.15) is 11.4 Å². The van der Waals surface area contributed by atoms with Gasteiger partial charge in [-0.2, -0.15) is 4.98 Å². The molecule has 3 aromatic rings. The first kappa shape index (κ1) is 15.3. The van der Waals surface area contributed by atoms with Crippen LogP contribution in [0.1, 0.15) is 21.9 Å². The number of thioether (sulfide) groups is 1. The van der Waals surface area contributed by atoms with Crippen LogP contribution in [0.25, 0.3) is 5.65 Å². The molecule has 0 saturated carbocycles. The first-order chi connectivity index (χ1) is 11.1. The molecule has 23 heavy (non-hydrogen) atoms. The van der Waals surface area contributed by atoms with Gasteiger partial charge in [-0.3, -0.25) is 4.40 Å². The molecule has 0 aliphatic carbocycles. The van der Waals surface area contributed by atoms with Crippen LogP contribution in [0, 0.1) is 6.92 Å². The third kappa shape index (κ3) is 3.11. The average Bonchev–Trinajstić information content (AvgIpc) is 3.02. The molecular formula is C15H13N3O4S. The second kappa shape index (κ2) is 6.25. The Balaban J connectivity index is 1.82. The van der Waals surface area contributed by atoms with Crippen molar-refractivity contribution in [2.24, 2.45) is 0 Å². The number of hydrogen-bond acceptors (Lipinski definition) is 7. The van der Waals surface area contributed by atoms with E-state index in [9.17, 15) is 9.59 Å². The minimum Gasteiger partial charge on any atom is -0.463 e. The van der Waals surface area contributed by atoms with Gasteiger partial charge in [-0.1, -0.05) is 17.8 Å². The average molecular weight is 331 g/mol. The van der Waals surface area contributed by atoms with Crippen molar-refractivity contribution in [3.63, 3.8) is 0 Å². The van der Waals surface area contributed by atoms with Crippen molar-refractivity contribution in [1.29, 1.82) is 0 Å². The van der Waals surface area contributed by atoms with E-state index in [1.165, 1.54) is 23.3 Å². The van der Waals surface area contributed by atoms with Crippen LogP contribution in [0.3, 0.4) is 0 Å². The zero-order valence-electron chi connectivity index (χ0n) is 12.5. The Morgan fingerprint density at radius 3 is 2.96 bits per heavy atom. The summed E-state index contributed by atoms with van der Waals surface area (Å²) in [6.45, 7) is 1.88. The quantitative estimate of drug-likeness (QED) is 0.534. The minimum atomic E-state index is -0.530. The number of furan rings is 1. The number of esters is 1. The van der Waals surface area contributed by atoms with E-state index in [1.54, 1.807) is 24.4 Å². The standard InChI is InChI=1S/C15H13N3O4S/c1-9-4-3-7-18-12(9)16-14(17-15(18)20)23-8-10-5-6-11(22-10)13(19)21-2/h3-7H,8H2,1-2H3. The number of fused-ring (bicyclic) bond motifs is 1. The van der Waals surface area contributed by atoms with E-state index >= 15 is 0 Å². The Labute approximate surface area is 135 Å². The molecule has 0 atom stereocenters. The molecule has 0 fully saturated rings. The lowest BCUT2D eigenvalue weighted by Gasteiger charge is -2.04. The van der Waals surface area contributed by atoms with Crippen molar-refractivity contribution >= 4 is 23.4 Å². The molecule has 0 saturated heterocycles. The molecule has 8 heteroatoms. The predicted molar refractivity (Wildman–Crippen MR) is 83.6 cm³/mol. The van der Waals surface area contributed by atoms with Crippen LogP contribution in [-0.4, -0.2) is 27.4 Å². The summed E-state index contributed by atoms with van der Waals surface area (Å²) < 4.78 is 11.4. The molecule has 7 nitrogen and oxygen atoms in total. The van der Waals surface area contributed by atoms with E-state index < -0.39 is 5.97 Å². The lowest BCUT2D eigenvalue weighted by Crippen LogP contribution is -2.19. The molecule has 3 heterocycles. The molecule has 0 N–H and O–H groups in total. The SMILES string of the molecule is COC(=O)c1ccc(CSc2nc(=O)n3cccc(C)c3n2)o1. The molecule has 0 amide bonds. The fourth-order valence-electron chi connectivity index (χ4n) is 2.02. The fraction of sp³-hybridized carbons (Fsp3) is 0.200. The van der Waals surface area contributed by atoms with Crippen LogP contribution in [-0.2, 0) is 10.5 Å². The number of rotatable bonds is 4. The van der Waals surface area contributed by atoms with Crippen molar-refractivity contribution in [2.45, 2.75) is 17.8 Å². The van der Waals surface area contributed by atoms with Gasteiger partial charge < -0.3 is 9.15 Å². The molecule has 0 unspecified atom stereocenters. The number of pyridine rings is 1. The molecule has 118 valence electrons. The van der Waals surface area contributed by atoms with Crippen molar-refractivity contribution < 1.29 is 13.9 Å². The van der Waals surface area contributed by atoms with Gasteiger partial charge in [0.05, 0.1) is 12.9 Å². The van der Waals surface area contributed by atoms with Gasteiger partial charge in [0.25, 0.3) is 0 Å². The normalized spacial score (nSPS) is 10.9. The Bertz CT molecular complexity index is 932. The molecule has 3 rings (SSSR count). The Hall–Kier alpha value is -2.61. The minimum absolute atomic E-state index is 0.137. The summed E-state index contributed by atoms with van der Waals surface area (Å²) in [6, 6.07) is 6.88. The molecule has 3 aromatic heterocycles. The summed E-state index contributed by atoms with van der Waals surface area (Å²) in [5, 5.41) is 0.361. The highest BCUT2D eigenvalue weighted by molar-refractivity contribution is 7.98. The number of methoxy groups -OCH3 is 1. The van der Waals surface area contributed by atoms with Crippen molar-refractivity contribution in [1.82, 2.24) is 14.4 Å². The van der Waals surface area contributed by atoms with E-state index in [0.717, 1.165) is 5.56 Å². The lowest BCUT2D eigenvalue weighted by molar-refractivity contribution is 0.0563. The fourth-order valence-corrected chi connectivity index (χ4v) is 2.74. The van der Waals surface area contributed by atoms with Crippen LogP contribution < -0.4 is 5.69 Å². The maximum Gasteiger partial charge on any atom is 0.373 e. The highest BCUT2D eigenvalue weighted by atomic mass is 32.2. The molecule has 0 aliphatic heterocycles. The maximum absolute atomic E-state index is 12.0. The van der Waals surface area contributed by atoms with Gasteiger partial charge >= 0.3 is 11.7 Å². The van der Waals surface area contributed by atoms with Crippen molar-refractivity contribution in [3.8, 4) is 0 Å². The number of carbonyl (C=O) groups excluding carboxylic acids is 1. The summed E-state index contributed by atoms with van der Waals surface area (Å²) >= 11 is 1.26. The number of carbonyl (C=O) groups is 1. The molecule has 0 bridgehead atoms. The topological polar surface area (TPSA) is 86.7 Å². The number of nitrogens with zero attached hydrogens (tertiary/aromatic N) is 3. The molecular weight excluding hydrogens is 318 g/mol. The molecule has 0 radical (unpaired) electrons. The van der Waals surface area contributed by atoms with E-state index in [1.807, 2.05) is 13.0 Å². The third-order valence-electron chi connectivity index (χ3n) is 3.15. The number of hydrogen-bond donors (Lipinski definition) is 0. The summed E-state index contributed by atoms with van der Waals surface area (Å²) in [7, 11) is 1.29. The highest BCUT2D eigenvalue weighted by Crippen LogP contribution is 2.21. The second-order valence-corrected chi connectivity index (χ2v) is 5.66. The smallest absolute Gasteiger partial charge is 0.373 e. The summed E-state index contributed by atoms with van der Waals surface area (Å²) in [4.78, 5) is 31.7. The van der Waals surface area contributed by atoms with Gasteiger partial charge in [0.15, 0.2) is 5.16 Å².